The zero-order valence-corrected chi connectivity index (χ0v) is 16.5. The SMILES string of the molecule is CCCn1nc(C(=O)O[C@@H](C)C(=O)c2ccc(NS(C)(=O)=O)cc2)ccc1=O. The van der Waals surface area contributed by atoms with Crippen LogP contribution in [0.5, 0.6) is 0 Å². The van der Waals surface area contributed by atoms with Crippen LogP contribution < -0.4 is 10.3 Å². The molecule has 0 saturated heterocycles. The molecule has 0 aliphatic carbocycles. The van der Waals surface area contributed by atoms with Crippen molar-refractivity contribution in [3.8, 4) is 0 Å². The van der Waals surface area contributed by atoms with Crippen LogP contribution in [0, 0.1) is 0 Å². The molecule has 0 spiro atoms. The molecule has 1 atom stereocenters. The third kappa shape index (κ3) is 5.74. The number of hydrogen-bond acceptors (Lipinski definition) is 7. The van der Waals surface area contributed by atoms with Gasteiger partial charge < -0.3 is 4.74 Å². The van der Waals surface area contributed by atoms with E-state index in [-0.39, 0.29) is 16.8 Å². The van der Waals surface area contributed by atoms with Crippen molar-refractivity contribution in [3.05, 3.63) is 58.0 Å². The number of ether oxygens (including phenoxy) is 1. The van der Waals surface area contributed by atoms with Crippen molar-refractivity contribution in [2.75, 3.05) is 11.0 Å². The van der Waals surface area contributed by atoms with Gasteiger partial charge in [-0.1, -0.05) is 6.92 Å². The Morgan fingerprint density at radius 3 is 2.39 bits per heavy atom. The second-order valence-electron chi connectivity index (χ2n) is 6.14. The van der Waals surface area contributed by atoms with Gasteiger partial charge in [0.1, 0.15) is 0 Å². The first kappa shape index (κ1) is 21.3. The predicted octanol–water partition coefficient (Wildman–Crippen LogP) is 1.45. The van der Waals surface area contributed by atoms with Gasteiger partial charge in [-0.25, -0.2) is 17.9 Å². The molecule has 0 radical (unpaired) electrons. The second-order valence-corrected chi connectivity index (χ2v) is 7.89. The van der Waals surface area contributed by atoms with Crippen LogP contribution in [0.15, 0.2) is 41.2 Å². The maximum atomic E-state index is 12.4. The minimum absolute atomic E-state index is 0.0691. The smallest absolute Gasteiger partial charge is 0.359 e. The number of nitrogens with zero attached hydrogens (tertiary/aromatic N) is 2. The molecule has 1 heterocycles. The highest BCUT2D eigenvalue weighted by atomic mass is 32.2. The lowest BCUT2D eigenvalue weighted by Crippen LogP contribution is -2.28. The second kappa shape index (κ2) is 8.79. The highest BCUT2D eigenvalue weighted by Gasteiger charge is 2.21. The average molecular weight is 407 g/mol. The van der Waals surface area contributed by atoms with Crippen molar-refractivity contribution >= 4 is 27.5 Å². The van der Waals surface area contributed by atoms with Crippen LogP contribution in [0.1, 0.15) is 41.1 Å². The van der Waals surface area contributed by atoms with E-state index in [0.717, 1.165) is 10.9 Å². The minimum atomic E-state index is -3.42. The van der Waals surface area contributed by atoms with Crippen LogP contribution >= 0.6 is 0 Å². The molecule has 2 aromatic rings. The van der Waals surface area contributed by atoms with Gasteiger partial charge in [-0.15, -0.1) is 0 Å². The van der Waals surface area contributed by atoms with E-state index in [1.165, 1.54) is 43.3 Å². The van der Waals surface area contributed by atoms with Gasteiger partial charge in [0.05, 0.1) is 6.26 Å². The molecular weight excluding hydrogens is 386 g/mol. The number of sulfonamides is 1. The molecule has 0 aliphatic rings. The van der Waals surface area contributed by atoms with Crippen molar-refractivity contribution in [2.24, 2.45) is 0 Å². The molecule has 0 saturated carbocycles. The Hall–Kier alpha value is -3.01. The Morgan fingerprint density at radius 1 is 1.18 bits per heavy atom. The average Bonchev–Trinajstić information content (AvgIpc) is 2.62. The van der Waals surface area contributed by atoms with Crippen molar-refractivity contribution in [1.29, 1.82) is 0 Å². The van der Waals surface area contributed by atoms with Gasteiger partial charge in [-0.05, 0) is 43.7 Å². The zero-order chi connectivity index (χ0) is 20.9. The zero-order valence-electron chi connectivity index (χ0n) is 15.7. The summed E-state index contributed by atoms with van der Waals surface area (Å²) in [6.45, 7) is 3.66. The lowest BCUT2D eigenvalue weighted by molar-refractivity contribution is 0.0310. The van der Waals surface area contributed by atoms with Gasteiger partial charge in [-0.2, -0.15) is 5.10 Å². The van der Waals surface area contributed by atoms with Gasteiger partial charge in [0.2, 0.25) is 15.8 Å². The molecular formula is C18H21N3O6S. The minimum Gasteiger partial charge on any atom is -0.449 e. The van der Waals surface area contributed by atoms with E-state index in [0.29, 0.717) is 18.7 Å². The summed E-state index contributed by atoms with van der Waals surface area (Å²) < 4.78 is 31.0. The number of Topliss-reactive ketones (excluding diaryl/α,β-unsaturated/α-hetero) is 1. The van der Waals surface area contributed by atoms with Crippen LogP contribution in [0.25, 0.3) is 0 Å². The monoisotopic (exact) mass is 407 g/mol. The molecule has 0 amide bonds. The van der Waals surface area contributed by atoms with E-state index >= 15 is 0 Å². The molecule has 1 N–H and O–H groups in total. The largest absolute Gasteiger partial charge is 0.449 e. The number of carbonyl (C=O) groups excluding carboxylic acids is 2. The van der Waals surface area contributed by atoms with Crippen LogP contribution in [0.4, 0.5) is 5.69 Å². The lowest BCUT2D eigenvalue weighted by Gasteiger charge is -2.13. The molecule has 0 fully saturated rings. The number of aromatic nitrogens is 2. The number of hydrogen-bond donors (Lipinski definition) is 1. The Balaban J connectivity index is 2.08. The van der Waals surface area contributed by atoms with E-state index < -0.39 is 27.9 Å². The van der Waals surface area contributed by atoms with Crippen molar-refractivity contribution < 1.29 is 22.7 Å². The summed E-state index contributed by atoms with van der Waals surface area (Å²) in [4.78, 5) is 36.3. The van der Waals surface area contributed by atoms with Gasteiger partial charge in [-0.3, -0.25) is 14.3 Å². The maximum absolute atomic E-state index is 12.4. The molecule has 0 unspecified atom stereocenters. The summed E-state index contributed by atoms with van der Waals surface area (Å²) in [5.41, 5.74) is 0.167. The standard InChI is InChI=1S/C18H21N3O6S/c1-4-11-21-16(22)10-9-15(19-21)18(24)27-12(2)17(23)13-5-7-14(8-6-13)20-28(3,25)26/h5-10,12,20H,4,11H2,1-3H3/t12-/m0/s1. The van der Waals surface area contributed by atoms with Gasteiger partial charge in [0.25, 0.3) is 5.56 Å². The van der Waals surface area contributed by atoms with Crippen molar-refractivity contribution in [2.45, 2.75) is 32.9 Å². The van der Waals surface area contributed by atoms with Crippen LogP contribution in [0.2, 0.25) is 0 Å². The fourth-order valence-electron chi connectivity index (χ4n) is 2.36. The molecule has 150 valence electrons. The number of rotatable bonds is 8. The van der Waals surface area contributed by atoms with Gasteiger partial charge in [0.15, 0.2) is 11.8 Å². The first-order chi connectivity index (χ1) is 13.1. The molecule has 1 aromatic heterocycles. The Labute approximate surface area is 162 Å². The molecule has 10 heteroatoms. The van der Waals surface area contributed by atoms with E-state index in [1.807, 2.05) is 6.92 Å². The molecule has 0 bridgehead atoms. The molecule has 1 aromatic carbocycles. The topological polar surface area (TPSA) is 124 Å². The quantitative estimate of drug-likeness (QED) is 0.519. The first-order valence-electron chi connectivity index (χ1n) is 8.52. The van der Waals surface area contributed by atoms with E-state index in [4.69, 9.17) is 4.74 Å². The fraction of sp³-hybridized carbons (Fsp3) is 0.333. The van der Waals surface area contributed by atoms with Crippen LogP contribution in [-0.2, 0) is 21.3 Å². The summed E-state index contributed by atoms with van der Waals surface area (Å²) in [6.07, 6.45) is 0.602. The first-order valence-corrected chi connectivity index (χ1v) is 10.4. The van der Waals surface area contributed by atoms with E-state index in [9.17, 15) is 22.8 Å². The number of carbonyl (C=O) groups is 2. The summed E-state index contributed by atoms with van der Waals surface area (Å²) in [7, 11) is -3.42. The normalized spacial score (nSPS) is 12.2. The molecule has 28 heavy (non-hydrogen) atoms. The number of ketones is 1. The summed E-state index contributed by atoms with van der Waals surface area (Å²) in [5, 5.41) is 3.95. The summed E-state index contributed by atoms with van der Waals surface area (Å²) in [6, 6.07) is 8.20. The van der Waals surface area contributed by atoms with Crippen LogP contribution in [-0.4, -0.2) is 42.3 Å². The Bertz CT molecular complexity index is 1030. The fourth-order valence-corrected chi connectivity index (χ4v) is 2.92. The summed E-state index contributed by atoms with van der Waals surface area (Å²) in [5.74, 6) is -1.28. The number of anilines is 1. The van der Waals surface area contributed by atoms with Crippen molar-refractivity contribution in [3.63, 3.8) is 0 Å². The number of nitrogens with one attached hydrogen (secondary N) is 1. The van der Waals surface area contributed by atoms with E-state index in [2.05, 4.69) is 9.82 Å². The molecule has 2 rings (SSSR count). The molecule has 9 nitrogen and oxygen atoms in total. The maximum Gasteiger partial charge on any atom is 0.359 e. The van der Waals surface area contributed by atoms with Crippen LogP contribution in [0.3, 0.4) is 0 Å². The van der Waals surface area contributed by atoms with E-state index in [1.54, 1.807) is 0 Å². The molecule has 0 aliphatic heterocycles. The van der Waals surface area contributed by atoms with Gasteiger partial charge >= 0.3 is 5.97 Å². The Morgan fingerprint density at radius 2 is 1.82 bits per heavy atom. The summed E-state index contributed by atoms with van der Waals surface area (Å²) >= 11 is 0. The highest BCUT2D eigenvalue weighted by Crippen LogP contribution is 2.14. The van der Waals surface area contributed by atoms with Gasteiger partial charge in [0, 0.05) is 23.9 Å². The predicted molar refractivity (Wildman–Crippen MR) is 103 cm³/mol. The highest BCUT2D eigenvalue weighted by molar-refractivity contribution is 7.92. The lowest BCUT2D eigenvalue weighted by atomic mass is 10.1. The third-order valence-corrected chi connectivity index (χ3v) is 4.24. The van der Waals surface area contributed by atoms with Crippen molar-refractivity contribution in [1.82, 2.24) is 9.78 Å². The Kier molecular flexibility index (Phi) is 6.68. The number of esters is 1. The number of aryl methyl sites for hydroxylation is 1. The number of benzene rings is 1. The third-order valence-electron chi connectivity index (χ3n) is 3.64.